The molecule has 0 radical (unpaired) electrons. The third kappa shape index (κ3) is 2.83. The van der Waals surface area contributed by atoms with Gasteiger partial charge in [0.1, 0.15) is 11.6 Å². The molecule has 18 heavy (non-hydrogen) atoms. The number of benzene rings is 1. The first-order valence-corrected chi connectivity index (χ1v) is 6.68. The number of hydrogen-bond donors (Lipinski definition) is 0. The molecule has 0 N–H and O–H groups in total. The highest BCUT2D eigenvalue weighted by Gasteiger charge is 2.38. The maximum absolute atomic E-state index is 13.4. The molecule has 3 unspecified atom stereocenters. The number of hydrogen-bond acceptors (Lipinski definition) is 2. The van der Waals surface area contributed by atoms with Gasteiger partial charge in [-0.1, -0.05) is 13.8 Å². The molecule has 1 aliphatic rings. The van der Waals surface area contributed by atoms with Gasteiger partial charge in [-0.3, -0.25) is 0 Å². The summed E-state index contributed by atoms with van der Waals surface area (Å²) in [7, 11) is 1.63. The molecule has 1 saturated heterocycles. The summed E-state index contributed by atoms with van der Waals surface area (Å²) in [6, 6.07) is 4.74. The molecular formula is C15H21FO2. The van der Waals surface area contributed by atoms with E-state index in [1.54, 1.807) is 19.2 Å². The van der Waals surface area contributed by atoms with Crippen LogP contribution in [0.5, 0.6) is 5.75 Å². The molecule has 1 aromatic rings. The van der Waals surface area contributed by atoms with Gasteiger partial charge in [-0.25, -0.2) is 4.39 Å². The lowest BCUT2D eigenvalue weighted by molar-refractivity contribution is 0.345. The Morgan fingerprint density at radius 3 is 2.67 bits per heavy atom. The van der Waals surface area contributed by atoms with E-state index in [0.29, 0.717) is 18.1 Å². The van der Waals surface area contributed by atoms with Crippen LogP contribution >= 0.6 is 0 Å². The molecule has 1 heterocycles. The minimum atomic E-state index is -0.201. The molecule has 1 fully saturated rings. The Morgan fingerprint density at radius 2 is 2.11 bits per heavy atom. The first kappa shape index (κ1) is 13.3. The molecule has 0 spiro atoms. The van der Waals surface area contributed by atoms with Gasteiger partial charge in [-0.05, 0) is 43.4 Å². The predicted octanol–water partition coefficient (Wildman–Crippen LogP) is 3.90. The number of ether oxygens (including phenoxy) is 2. The molecule has 0 aliphatic carbocycles. The molecule has 0 saturated carbocycles. The summed E-state index contributed by atoms with van der Waals surface area (Å²) in [6.45, 7) is 4.26. The zero-order chi connectivity index (χ0) is 13.1. The molecular weight excluding hydrogens is 231 g/mol. The number of methoxy groups -OCH3 is 1. The molecule has 100 valence electrons. The van der Waals surface area contributed by atoms with E-state index in [0.717, 1.165) is 30.6 Å². The fourth-order valence-corrected chi connectivity index (χ4v) is 2.56. The van der Waals surface area contributed by atoms with Crippen molar-refractivity contribution in [3.63, 3.8) is 0 Å². The minimum Gasteiger partial charge on any atom is -0.496 e. The van der Waals surface area contributed by atoms with Crippen LogP contribution in [0.4, 0.5) is 4.39 Å². The molecule has 3 atom stereocenters. The van der Waals surface area contributed by atoms with Crippen molar-refractivity contribution >= 4 is 0 Å². The lowest BCUT2D eigenvalue weighted by atomic mass is 9.90. The summed E-state index contributed by atoms with van der Waals surface area (Å²) in [5.74, 6) is 0.877. The summed E-state index contributed by atoms with van der Waals surface area (Å²) in [5, 5.41) is 0. The molecule has 0 bridgehead atoms. The number of halogens is 1. The van der Waals surface area contributed by atoms with Gasteiger partial charge in [0, 0.05) is 5.56 Å². The average Bonchev–Trinajstić information content (AvgIpc) is 3.14. The summed E-state index contributed by atoms with van der Waals surface area (Å²) in [6.07, 6.45) is 3.72. The van der Waals surface area contributed by atoms with Crippen molar-refractivity contribution in [2.75, 3.05) is 7.11 Å². The smallest absolute Gasteiger partial charge is 0.123 e. The largest absolute Gasteiger partial charge is 0.496 e. The lowest BCUT2D eigenvalue weighted by Gasteiger charge is -2.17. The Bertz CT molecular complexity index is 405. The van der Waals surface area contributed by atoms with Crippen LogP contribution in [0.1, 0.15) is 44.6 Å². The highest BCUT2D eigenvalue weighted by atomic mass is 19.1. The third-order valence-corrected chi connectivity index (χ3v) is 3.73. The number of epoxide rings is 1. The van der Waals surface area contributed by atoms with Gasteiger partial charge in [-0.2, -0.15) is 0 Å². The monoisotopic (exact) mass is 252 g/mol. The molecule has 2 nitrogen and oxygen atoms in total. The van der Waals surface area contributed by atoms with Crippen molar-refractivity contribution in [1.29, 1.82) is 0 Å². The second-order valence-corrected chi connectivity index (χ2v) is 4.85. The molecule has 1 aromatic carbocycles. The Kier molecular flexibility index (Phi) is 4.23. The van der Waals surface area contributed by atoms with Gasteiger partial charge < -0.3 is 9.47 Å². The van der Waals surface area contributed by atoms with Crippen LogP contribution in [0.3, 0.4) is 0 Å². The quantitative estimate of drug-likeness (QED) is 0.716. The van der Waals surface area contributed by atoms with E-state index >= 15 is 0 Å². The average molecular weight is 252 g/mol. The van der Waals surface area contributed by atoms with Gasteiger partial charge in [0.05, 0.1) is 19.3 Å². The third-order valence-electron chi connectivity index (χ3n) is 3.73. The highest BCUT2D eigenvalue weighted by molar-refractivity contribution is 5.37. The van der Waals surface area contributed by atoms with Crippen LogP contribution in [0.2, 0.25) is 0 Å². The van der Waals surface area contributed by atoms with Crippen molar-refractivity contribution < 1.29 is 13.9 Å². The van der Waals surface area contributed by atoms with Gasteiger partial charge >= 0.3 is 0 Å². The summed E-state index contributed by atoms with van der Waals surface area (Å²) in [4.78, 5) is 0. The van der Waals surface area contributed by atoms with E-state index in [9.17, 15) is 4.39 Å². The van der Waals surface area contributed by atoms with Crippen molar-refractivity contribution in [1.82, 2.24) is 0 Å². The predicted molar refractivity (Wildman–Crippen MR) is 69.6 cm³/mol. The van der Waals surface area contributed by atoms with Gasteiger partial charge in [-0.15, -0.1) is 0 Å². The van der Waals surface area contributed by atoms with Crippen LogP contribution in [0, 0.1) is 5.82 Å². The fraction of sp³-hybridized carbons (Fsp3) is 0.600. The Balaban J connectivity index is 2.13. The Morgan fingerprint density at radius 1 is 1.33 bits per heavy atom. The van der Waals surface area contributed by atoms with E-state index in [1.165, 1.54) is 6.07 Å². The van der Waals surface area contributed by atoms with Crippen molar-refractivity contribution in [2.45, 2.75) is 51.2 Å². The molecule has 1 aliphatic heterocycles. The first-order chi connectivity index (χ1) is 8.69. The molecule has 2 rings (SSSR count). The second-order valence-electron chi connectivity index (χ2n) is 4.85. The van der Waals surface area contributed by atoms with E-state index in [4.69, 9.17) is 9.47 Å². The standard InChI is InChI=1S/C15H21FO2/c1-4-10(8-15-13(5-2)18-15)12-9-11(16)6-7-14(12)17-3/h6-7,9-10,13,15H,4-5,8H2,1-3H3. The van der Waals surface area contributed by atoms with Crippen LogP contribution in [-0.4, -0.2) is 19.3 Å². The van der Waals surface area contributed by atoms with E-state index < -0.39 is 0 Å². The van der Waals surface area contributed by atoms with Crippen LogP contribution < -0.4 is 4.74 Å². The van der Waals surface area contributed by atoms with Crippen LogP contribution in [0.15, 0.2) is 18.2 Å². The van der Waals surface area contributed by atoms with E-state index in [2.05, 4.69) is 13.8 Å². The minimum absolute atomic E-state index is 0.201. The molecule has 0 aromatic heterocycles. The first-order valence-electron chi connectivity index (χ1n) is 6.68. The zero-order valence-corrected chi connectivity index (χ0v) is 11.3. The highest BCUT2D eigenvalue weighted by Crippen LogP contribution is 2.39. The maximum atomic E-state index is 13.4. The van der Waals surface area contributed by atoms with Gasteiger partial charge in [0.15, 0.2) is 0 Å². The Labute approximate surface area is 108 Å². The topological polar surface area (TPSA) is 21.8 Å². The Hall–Kier alpha value is -1.09. The zero-order valence-electron chi connectivity index (χ0n) is 11.3. The second kappa shape index (κ2) is 5.70. The lowest BCUT2D eigenvalue weighted by Crippen LogP contribution is -2.06. The summed E-state index contributed by atoms with van der Waals surface area (Å²) in [5.41, 5.74) is 0.963. The normalized spacial score (nSPS) is 23.8. The summed E-state index contributed by atoms with van der Waals surface area (Å²) < 4.78 is 24.3. The van der Waals surface area contributed by atoms with Crippen molar-refractivity contribution in [3.05, 3.63) is 29.6 Å². The molecule has 3 heteroatoms. The number of rotatable bonds is 6. The van der Waals surface area contributed by atoms with E-state index in [-0.39, 0.29) is 5.82 Å². The van der Waals surface area contributed by atoms with Gasteiger partial charge in [0.2, 0.25) is 0 Å². The molecule has 0 amide bonds. The van der Waals surface area contributed by atoms with Gasteiger partial charge in [0.25, 0.3) is 0 Å². The van der Waals surface area contributed by atoms with Crippen molar-refractivity contribution in [2.24, 2.45) is 0 Å². The maximum Gasteiger partial charge on any atom is 0.123 e. The van der Waals surface area contributed by atoms with Crippen molar-refractivity contribution in [3.8, 4) is 5.75 Å². The van der Waals surface area contributed by atoms with E-state index in [1.807, 2.05) is 0 Å². The van der Waals surface area contributed by atoms with Crippen LogP contribution in [-0.2, 0) is 4.74 Å². The fourth-order valence-electron chi connectivity index (χ4n) is 2.56. The summed E-state index contributed by atoms with van der Waals surface area (Å²) >= 11 is 0. The van der Waals surface area contributed by atoms with Crippen LogP contribution in [0.25, 0.3) is 0 Å². The SMILES string of the molecule is CCC(CC1OC1CC)c1cc(F)ccc1OC.